The summed E-state index contributed by atoms with van der Waals surface area (Å²) in [6.45, 7) is 1.94. The van der Waals surface area contributed by atoms with Crippen molar-refractivity contribution in [2.75, 3.05) is 0 Å². The highest BCUT2D eigenvalue weighted by atomic mass is 35.5. The van der Waals surface area contributed by atoms with Crippen LogP contribution in [-0.4, -0.2) is 28.8 Å². The summed E-state index contributed by atoms with van der Waals surface area (Å²) in [5, 5.41) is 4.39. The average Bonchev–Trinajstić information content (AvgIpc) is 3.06. The van der Waals surface area contributed by atoms with Gasteiger partial charge in [0.2, 0.25) is 12.3 Å². The largest absolute Gasteiger partial charge is 0.334 e. The predicted molar refractivity (Wildman–Crippen MR) is 127 cm³/mol. The lowest BCUT2D eigenvalue weighted by Crippen LogP contribution is -2.42. The fraction of sp³-hybridized carbons (Fsp3) is 0.125. The number of aryl methyl sites for hydroxylation is 1. The first-order valence-corrected chi connectivity index (χ1v) is 11.0. The lowest BCUT2D eigenvalue weighted by atomic mass is 9.99. The zero-order valence-electron chi connectivity index (χ0n) is 17.0. The van der Waals surface area contributed by atoms with E-state index in [0.717, 1.165) is 11.1 Å². The van der Waals surface area contributed by atoms with Gasteiger partial charge >= 0.3 is 5.91 Å². The molecule has 3 aromatic rings. The van der Waals surface area contributed by atoms with E-state index < -0.39 is 12.1 Å². The smallest absolute Gasteiger partial charge is 0.304 e. The molecule has 0 bridgehead atoms. The van der Waals surface area contributed by atoms with Crippen molar-refractivity contribution in [2.24, 2.45) is 0 Å². The summed E-state index contributed by atoms with van der Waals surface area (Å²) in [7, 11) is 0. The van der Waals surface area contributed by atoms with E-state index in [-0.39, 0.29) is 11.8 Å². The van der Waals surface area contributed by atoms with Crippen molar-refractivity contribution in [3.63, 3.8) is 0 Å². The second kappa shape index (κ2) is 9.33. The van der Waals surface area contributed by atoms with E-state index in [9.17, 15) is 9.59 Å². The van der Waals surface area contributed by atoms with Gasteiger partial charge in [-0.3, -0.25) is 9.59 Å². The zero-order valence-corrected chi connectivity index (χ0v) is 19.2. The molecule has 0 spiro atoms. The van der Waals surface area contributed by atoms with Crippen molar-refractivity contribution in [1.29, 1.82) is 0 Å². The predicted octanol–water partition coefficient (Wildman–Crippen LogP) is 4.97. The second-order valence-electron chi connectivity index (χ2n) is 7.49. The number of amides is 2. The third-order valence-corrected chi connectivity index (χ3v) is 6.00. The highest BCUT2D eigenvalue weighted by Gasteiger charge is 2.47. The number of hydrogen-bond donors (Lipinski definition) is 2. The number of hydrogen-bond acceptors (Lipinski definition) is 2. The highest BCUT2D eigenvalue weighted by molar-refractivity contribution is 6.36. The minimum Gasteiger partial charge on any atom is -0.334 e. The third-order valence-electron chi connectivity index (χ3n) is 5.19. The number of nitrogens with zero attached hydrogens (tertiary/aromatic N) is 1. The van der Waals surface area contributed by atoms with E-state index >= 15 is 0 Å². The Morgan fingerprint density at radius 1 is 0.969 bits per heavy atom. The van der Waals surface area contributed by atoms with E-state index in [0.29, 0.717) is 26.2 Å². The summed E-state index contributed by atoms with van der Waals surface area (Å²) in [5.74, 6) is -0.678. The van der Waals surface area contributed by atoms with Gasteiger partial charge in [-0.2, -0.15) is 0 Å². The molecule has 2 amide bonds. The number of carbonyl (C=O) groups excluding carboxylic acids is 2. The molecule has 1 aliphatic heterocycles. The Morgan fingerprint density at radius 2 is 1.62 bits per heavy atom. The number of rotatable bonds is 4. The monoisotopic (exact) mass is 486 g/mol. The highest BCUT2D eigenvalue weighted by Crippen LogP contribution is 2.28. The van der Waals surface area contributed by atoms with Gasteiger partial charge in [0, 0.05) is 21.2 Å². The SMILES string of the molecule is Cc1ccc(C(=O)N[C@@H]2C(=O)N/[N+](=C\c3ccc(Cl)cc3Cl)[C@H]2c2ccc(Cl)cc2)cc1. The van der Waals surface area contributed by atoms with Crippen LogP contribution in [0.15, 0.2) is 66.7 Å². The van der Waals surface area contributed by atoms with E-state index in [4.69, 9.17) is 34.8 Å². The first-order valence-electron chi connectivity index (χ1n) is 9.83. The van der Waals surface area contributed by atoms with Crippen LogP contribution in [0, 0.1) is 6.92 Å². The van der Waals surface area contributed by atoms with E-state index in [1.807, 2.05) is 31.2 Å². The summed E-state index contributed by atoms with van der Waals surface area (Å²) in [4.78, 5) is 25.8. The maximum absolute atomic E-state index is 12.9. The number of carbonyl (C=O) groups is 2. The van der Waals surface area contributed by atoms with Gasteiger partial charge in [0.1, 0.15) is 0 Å². The Morgan fingerprint density at radius 3 is 2.28 bits per heavy atom. The Bertz CT molecular complexity index is 1210. The molecule has 0 unspecified atom stereocenters. The standard InChI is InChI=1S/C24H18Cl3N3O2/c1-14-2-4-16(5-3-14)23(31)28-21-22(15-6-9-18(25)10-7-15)30(29-24(21)32)13-17-8-11-19(26)12-20(17)27/h2-13,21-22H,1H3,(H-,28,29,31,32)/p+1/b30-13-/t21-,22-/m0/s1. The molecule has 3 aromatic carbocycles. The molecule has 2 N–H and O–H groups in total. The van der Waals surface area contributed by atoms with Crippen LogP contribution in [0.3, 0.4) is 0 Å². The van der Waals surface area contributed by atoms with Crippen LogP contribution in [0.1, 0.15) is 33.1 Å². The maximum Gasteiger partial charge on any atom is 0.304 e. The summed E-state index contributed by atoms with van der Waals surface area (Å²) in [6.07, 6.45) is 1.72. The molecule has 2 atom stereocenters. The summed E-state index contributed by atoms with van der Waals surface area (Å²) >= 11 is 18.4. The van der Waals surface area contributed by atoms with Crippen molar-refractivity contribution in [3.05, 3.63) is 104 Å². The second-order valence-corrected chi connectivity index (χ2v) is 8.77. The lowest BCUT2D eigenvalue weighted by molar-refractivity contribution is -0.596. The van der Waals surface area contributed by atoms with Crippen molar-refractivity contribution in [3.8, 4) is 0 Å². The minimum atomic E-state index is -0.840. The van der Waals surface area contributed by atoms with Gasteiger partial charge in [0.05, 0.1) is 10.6 Å². The zero-order chi connectivity index (χ0) is 22.8. The fourth-order valence-corrected chi connectivity index (χ4v) is 4.11. The summed E-state index contributed by atoms with van der Waals surface area (Å²) in [6, 6.07) is 18.0. The minimum absolute atomic E-state index is 0.338. The van der Waals surface area contributed by atoms with Gasteiger partial charge in [-0.1, -0.05) is 64.6 Å². The Labute approximate surface area is 200 Å². The van der Waals surface area contributed by atoms with Gasteiger partial charge in [-0.25, -0.2) is 0 Å². The molecule has 4 rings (SSSR count). The van der Waals surface area contributed by atoms with Crippen LogP contribution in [0.2, 0.25) is 15.1 Å². The summed E-state index contributed by atoms with van der Waals surface area (Å²) in [5.41, 5.74) is 5.80. The van der Waals surface area contributed by atoms with Gasteiger partial charge < -0.3 is 5.32 Å². The quantitative estimate of drug-likeness (QED) is 0.510. The summed E-state index contributed by atoms with van der Waals surface area (Å²) < 4.78 is 1.64. The maximum atomic E-state index is 12.9. The van der Waals surface area contributed by atoms with Crippen molar-refractivity contribution in [1.82, 2.24) is 10.7 Å². The van der Waals surface area contributed by atoms with Crippen LogP contribution < -0.4 is 10.7 Å². The van der Waals surface area contributed by atoms with E-state index in [2.05, 4.69) is 10.7 Å². The molecular formula is C24H19Cl3N3O2+. The number of hydrazone groups is 1. The Kier molecular flexibility index (Phi) is 6.51. The normalized spacial score (nSPS) is 19.1. The van der Waals surface area contributed by atoms with Crippen molar-refractivity contribution < 1.29 is 14.3 Å². The molecule has 1 heterocycles. The van der Waals surface area contributed by atoms with Gasteiger partial charge in [-0.05, 0) is 49.4 Å². The molecule has 32 heavy (non-hydrogen) atoms. The molecule has 1 aliphatic rings. The topological polar surface area (TPSA) is 61.2 Å². The fourth-order valence-electron chi connectivity index (χ4n) is 3.53. The first-order chi connectivity index (χ1) is 15.3. The molecule has 5 nitrogen and oxygen atoms in total. The van der Waals surface area contributed by atoms with Gasteiger partial charge in [0.25, 0.3) is 5.91 Å². The number of nitrogens with one attached hydrogen (secondary N) is 2. The van der Waals surface area contributed by atoms with Crippen LogP contribution >= 0.6 is 34.8 Å². The molecule has 0 saturated carbocycles. The van der Waals surface area contributed by atoms with E-state index in [1.165, 1.54) is 0 Å². The van der Waals surface area contributed by atoms with Gasteiger partial charge in [-0.15, -0.1) is 10.1 Å². The van der Waals surface area contributed by atoms with Crippen LogP contribution in [-0.2, 0) is 4.79 Å². The number of hydrazine groups is 1. The van der Waals surface area contributed by atoms with Crippen LogP contribution in [0.25, 0.3) is 0 Å². The molecular weight excluding hydrogens is 469 g/mol. The number of halogens is 3. The van der Waals surface area contributed by atoms with Crippen LogP contribution in [0.4, 0.5) is 0 Å². The molecule has 1 saturated heterocycles. The molecule has 1 fully saturated rings. The van der Waals surface area contributed by atoms with Crippen molar-refractivity contribution >= 4 is 52.8 Å². The molecule has 0 aliphatic carbocycles. The average molecular weight is 488 g/mol. The molecule has 0 aromatic heterocycles. The van der Waals surface area contributed by atoms with Gasteiger partial charge in [0.15, 0.2) is 6.04 Å². The van der Waals surface area contributed by atoms with Crippen LogP contribution in [0.5, 0.6) is 0 Å². The van der Waals surface area contributed by atoms with E-state index in [1.54, 1.807) is 53.4 Å². The lowest BCUT2D eigenvalue weighted by Gasteiger charge is -2.15. The van der Waals surface area contributed by atoms with Crippen molar-refractivity contribution in [2.45, 2.75) is 19.0 Å². The number of benzene rings is 3. The first kappa shape index (κ1) is 22.3. The molecule has 8 heteroatoms. The Balaban J connectivity index is 1.72. The Hall–Kier alpha value is -2.86. The molecule has 0 radical (unpaired) electrons. The third kappa shape index (κ3) is 4.80. The molecule has 162 valence electrons.